The summed E-state index contributed by atoms with van der Waals surface area (Å²) in [6.07, 6.45) is 25.9. The van der Waals surface area contributed by atoms with Crippen LogP contribution in [-0.2, 0) is 16.8 Å². The summed E-state index contributed by atoms with van der Waals surface area (Å²) in [4.78, 5) is 29.4. The first-order chi connectivity index (χ1) is 23.4. The second kappa shape index (κ2) is 21.0. The minimum atomic E-state index is 0. The number of hydrogen-bond donors (Lipinski definition) is 0. The van der Waals surface area contributed by atoms with Crippen LogP contribution in [0.15, 0.2) is 56.4 Å². The normalized spacial score (nSPS) is 21.5. The molecule has 0 saturated heterocycles. The Bertz CT molecular complexity index is 1200. The molecule has 4 fully saturated rings. The van der Waals surface area contributed by atoms with Gasteiger partial charge >= 0.3 is 0 Å². The van der Waals surface area contributed by atoms with Crippen molar-refractivity contribution < 1.29 is 16.8 Å². The van der Waals surface area contributed by atoms with E-state index in [1.807, 2.05) is 0 Å². The largest absolute Gasteiger partial charge is 0.284 e. The van der Waals surface area contributed by atoms with Gasteiger partial charge in [-0.05, 0) is 103 Å². The van der Waals surface area contributed by atoms with E-state index in [-0.39, 0.29) is 16.8 Å². The van der Waals surface area contributed by atoms with Crippen molar-refractivity contribution in [2.45, 2.75) is 180 Å². The molecule has 6 rings (SSSR count). The molecule has 1 radical (unpaired) electrons. The molecule has 269 valence electrons. The zero-order chi connectivity index (χ0) is 33.6. The van der Waals surface area contributed by atoms with Crippen LogP contribution in [0.25, 0.3) is 0 Å². The number of hydrogen-bond acceptors (Lipinski definition) is 6. The summed E-state index contributed by atoms with van der Waals surface area (Å²) < 4.78 is 0. The summed E-state index contributed by atoms with van der Waals surface area (Å²) in [6, 6.07) is 14.5. The summed E-state index contributed by atoms with van der Waals surface area (Å²) in [5, 5.41) is 0. The molecule has 6 nitrogen and oxygen atoms in total. The van der Waals surface area contributed by atoms with Gasteiger partial charge in [0, 0.05) is 16.8 Å². The number of aliphatic imine (C=N–C) groups is 4. The van der Waals surface area contributed by atoms with Crippen molar-refractivity contribution in [1.29, 1.82) is 0 Å². The Morgan fingerprint density at radius 3 is 0.796 bits per heavy atom. The number of pyridine rings is 2. The molecule has 2 heterocycles. The van der Waals surface area contributed by atoms with Crippen molar-refractivity contribution in [2.24, 2.45) is 20.0 Å². The van der Waals surface area contributed by atoms with E-state index in [9.17, 15) is 0 Å². The second-order valence-corrected chi connectivity index (χ2v) is 14.8. The molecule has 0 aliphatic heterocycles. The second-order valence-electron chi connectivity index (χ2n) is 14.8. The van der Waals surface area contributed by atoms with E-state index in [1.54, 1.807) is 0 Å². The maximum atomic E-state index is 4.94. The Labute approximate surface area is 307 Å². The average molecular weight is 710 g/mol. The van der Waals surface area contributed by atoms with Crippen molar-refractivity contribution in [2.75, 3.05) is 0 Å². The first kappa shape index (κ1) is 39.3. The Hall–Kier alpha value is -2.51. The molecule has 0 unspecified atom stereocenters. The van der Waals surface area contributed by atoms with Crippen LogP contribution < -0.4 is 0 Å². The molecule has 4 saturated carbocycles. The summed E-state index contributed by atoms with van der Waals surface area (Å²) in [5.74, 6) is 0. The van der Waals surface area contributed by atoms with Gasteiger partial charge in [-0.3, -0.25) is 20.0 Å². The van der Waals surface area contributed by atoms with Crippen LogP contribution in [0.2, 0.25) is 0 Å². The molecule has 0 N–H and O–H groups in total. The maximum absolute atomic E-state index is 4.94. The van der Waals surface area contributed by atoms with Gasteiger partial charge in [-0.1, -0.05) is 89.2 Å². The van der Waals surface area contributed by atoms with E-state index in [0.717, 1.165) is 45.6 Å². The fourth-order valence-electron chi connectivity index (χ4n) is 7.88. The molecule has 0 bridgehead atoms. The standard InChI is InChI=1S/2C21H31N3.Co/c2*1-16(22-18-10-5-3-6-11-18)20-14-9-15-21(24-20)17(2)23-19-12-7-4-8-13-19;/h2*9,14-15,18-19H,3-8,10-13H2,1-2H3;. The smallest absolute Gasteiger partial charge is 0.0845 e. The molecular formula is C42H62CoN6. The van der Waals surface area contributed by atoms with Crippen molar-refractivity contribution >= 4 is 22.8 Å². The summed E-state index contributed by atoms with van der Waals surface area (Å²) in [6.45, 7) is 8.42. The van der Waals surface area contributed by atoms with Gasteiger partial charge in [0.25, 0.3) is 0 Å². The van der Waals surface area contributed by atoms with Crippen molar-refractivity contribution in [3.05, 3.63) is 59.2 Å². The zero-order valence-corrected chi connectivity index (χ0v) is 32.0. The number of rotatable bonds is 8. The molecule has 2 aromatic rings. The van der Waals surface area contributed by atoms with E-state index in [4.69, 9.17) is 29.9 Å². The fourth-order valence-corrected chi connectivity index (χ4v) is 7.88. The third kappa shape index (κ3) is 13.0. The first-order valence-corrected chi connectivity index (χ1v) is 19.6. The minimum Gasteiger partial charge on any atom is -0.284 e. The predicted molar refractivity (Wildman–Crippen MR) is 205 cm³/mol. The number of aromatic nitrogens is 2. The Morgan fingerprint density at radius 2 is 0.592 bits per heavy atom. The summed E-state index contributed by atoms with van der Waals surface area (Å²) >= 11 is 0. The molecule has 0 aromatic carbocycles. The quantitative estimate of drug-likeness (QED) is 0.256. The van der Waals surface area contributed by atoms with Crippen molar-refractivity contribution in [3.8, 4) is 0 Å². The van der Waals surface area contributed by atoms with Gasteiger partial charge in [-0.2, -0.15) is 0 Å². The topological polar surface area (TPSA) is 75.2 Å². The Morgan fingerprint density at radius 1 is 0.388 bits per heavy atom. The average Bonchev–Trinajstić information content (AvgIpc) is 3.13. The van der Waals surface area contributed by atoms with E-state index in [2.05, 4.69) is 64.1 Å². The Balaban J connectivity index is 0.000000216. The molecule has 4 aliphatic rings. The van der Waals surface area contributed by atoms with E-state index >= 15 is 0 Å². The fraction of sp³-hybridized carbons (Fsp3) is 0.667. The third-order valence-corrected chi connectivity index (χ3v) is 10.8. The third-order valence-electron chi connectivity index (χ3n) is 10.8. The summed E-state index contributed by atoms with van der Waals surface area (Å²) in [5.41, 5.74) is 8.35. The SMILES string of the molecule is CC(=NC1CCCCC1)c1cccc(C(C)=NC2CCCCC2)n1.CC(=NC1CCCCC1)c1cccc(C(C)=NC2CCCCC2)n1.[Co]. The molecule has 0 atom stereocenters. The van der Waals surface area contributed by atoms with Gasteiger partial charge in [-0.25, -0.2) is 9.97 Å². The predicted octanol–water partition coefficient (Wildman–Crippen LogP) is 10.7. The van der Waals surface area contributed by atoms with Crippen LogP contribution in [0.5, 0.6) is 0 Å². The molecule has 7 heteroatoms. The van der Waals surface area contributed by atoms with Crippen LogP contribution in [0.1, 0.15) is 179 Å². The summed E-state index contributed by atoms with van der Waals surface area (Å²) in [7, 11) is 0. The first-order valence-electron chi connectivity index (χ1n) is 19.6. The van der Waals surface area contributed by atoms with E-state index in [1.165, 1.54) is 128 Å². The Kier molecular flexibility index (Phi) is 16.8. The van der Waals surface area contributed by atoms with E-state index < -0.39 is 0 Å². The monoisotopic (exact) mass is 709 g/mol. The van der Waals surface area contributed by atoms with Crippen LogP contribution in [0.4, 0.5) is 0 Å². The minimum absolute atomic E-state index is 0. The van der Waals surface area contributed by atoms with Crippen LogP contribution in [0, 0.1) is 0 Å². The molecular weight excluding hydrogens is 647 g/mol. The van der Waals surface area contributed by atoms with Gasteiger partial charge in [0.05, 0.1) is 69.8 Å². The zero-order valence-electron chi connectivity index (χ0n) is 30.9. The van der Waals surface area contributed by atoms with Crippen LogP contribution in [0.3, 0.4) is 0 Å². The van der Waals surface area contributed by atoms with Crippen molar-refractivity contribution in [1.82, 2.24) is 9.97 Å². The maximum Gasteiger partial charge on any atom is 0.0845 e. The number of nitrogens with zero attached hydrogens (tertiary/aromatic N) is 6. The van der Waals surface area contributed by atoms with Gasteiger partial charge in [0.15, 0.2) is 0 Å². The molecule has 0 spiro atoms. The molecule has 4 aliphatic carbocycles. The van der Waals surface area contributed by atoms with Crippen LogP contribution in [-0.4, -0.2) is 57.0 Å². The molecule has 2 aromatic heterocycles. The van der Waals surface area contributed by atoms with Gasteiger partial charge in [-0.15, -0.1) is 0 Å². The van der Waals surface area contributed by atoms with Crippen molar-refractivity contribution in [3.63, 3.8) is 0 Å². The molecule has 49 heavy (non-hydrogen) atoms. The van der Waals surface area contributed by atoms with E-state index in [0.29, 0.717) is 24.2 Å². The van der Waals surface area contributed by atoms with Gasteiger partial charge in [0.2, 0.25) is 0 Å². The molecule has 0 amide bonds. The van der Waals surface area contributed by atoms with Crippen LogP contribution >= 0.6 is 0 Å². The van der Waals surface area contributed by atoms with Gasteiger partial charge in [0.1, 0.15) is 0 Å². The van der Waals surface area contributed by atoms with Gasteiger partial charge < -0.3 is 0 Å².